The van der Waals surface area contributed by atoms with Crippen molar-refractivity contribution in [2.75, 3.05) is 19.6 Å². The lowest BCUT2D eigenvalue weighted by Crippen LogP contribution is -2.55. The molecule has 124 valence electrons. The molecule has 3 aliphatic rings. The Bertz CT molecular complexity index is 344. The van der Waals surface area contributed by atoms with Crippen molar-refractivity contribution in [3.63, 3.8) is 0 Å². The summed E-state index contributed by atoms with van der Waals surface area (Å²) < 4.78 is 0. The molecule has 1 saturated heterocycles. The Morgan fingerprint density at radius 2 is 1.81 bits per heavy atom. The first-order chi connectivity index (χ1) is 9.17. The van der Waals surface area contributed by atoms with Crippen LogP contribution in [0.1, 0.15) is 51.4 Å². The summed E-state index contributed by atoms with van der Waals surface area (Å²) >= 11 is 0. The van der Waals surface area contributed by atoms with Crippen LogP contribution in [0.2, 0.25) is 0 Å². The predicted octanol–water partition coefficient (Wildman–Crippen LogP) is 2.09. The number of hydrogen-bond donors (Lipinski definition) is 2. The summed E-state index contributed by atoms with van der Waals surface area (Å²) in [4.78, 5) is 14.8. The van der Waals surface area contributed by atoms with Gasteiger partial charge in [-0.3, -0.25) is 4.79 Å². The van der Waals surface area contributed by atoms with Crippen molar-refractivity contribution in [3.05, 3.63) is 0 Å². The molecule has 0 radical (unpaired) electrons. The zero-order valence-corrected chi connectivity index (χ0v) is 14.3. The van der Waals surface area contributed by atoms with Crippen LogP contribution >= 0.6 is 24.8 Å². The largest absolute Gasteiger partial charge is 0.354 e. The van der Waals surface area contributed by atoms with Crippen LogP contribution in [-0.2, 0) is 4.79 Å². The average Bonchev–Trinajstić information content (AvgIpc) is 3.16. The fourth-order valence-corrected chi connectivity index (χ4v) is 3.62. The average molecular weight is 338 g/mol. The van der Waals surface area contributed by atoms with Crippen molar-refractivity contribution in [1.29, 1.82) is 0 Å². The molecule has 0 spiro atoms. The molecule has 0 aromatic carbocycles. The molecule has 2 saturated carbocycles. The fraction of sp³-hybridized carbons (Fsp3) is 0.933. The Morgan fingerprint density at radius 1 is 1.14 bits per heavy atom. The first-order valence-electron chi connectivity index (χ1n) is 7.99. The Labute approximate surface area is 140 Å². The predicted molar refractivity (Wildman–Crippen MR) is 90.2 cm³/mol. The van der Waals surface area contributed by atoms with Gasteiger partial charge in [-0.2, -0.15) is 0 Å². The maximum absolute atomic E-state index is 12.3. The first kappa shape index (κ1) is 19.0. The lowest BCUT2D eigenvalue weighted by molar-refractivity contribution is -0.127. The van der Waals surface area contributed by atoms with Crippen molar-refractivity contribution in [2.45, 2.75) is 62.9 Å². The summed E-state index contributed by atoms with van der Waals surface area (Å²) in [5.74, 6) is 0.730. The van der Waals surface area contributed by atoms with Gasteiger partial charge in [0.05, 0.1) is 5.54 Å². The van der Waals surface area contributed by atoms with Crippen molar-refractivity contribution in [1.82, 2.24) is 10.2 Å². The molecule has 3 N–H and O–H groups in total. The second kappa shape index (κ2) is 8.00. The summed E-state index contributed by atoms with van der Waals surface area (Å²) in [6, 6.07) is 0.861. The third kappa shape index (κ3) is 4.72. The van der Waals surface area contributed by atoms with Crippen molar-refractivity contribution in [2.24, 2.45) is 11.7 Å². The number of likely N-dealkylation sites (tertiary alicyclic amines) is 1. The van der Waals surface area contributed by atoms with E-state index in [2.05, 4.69) is 10.2 Å². The van der Waals surface area contributed by atoms with E-state index in [1.165, 1.54) is 38.8 Å². The third-order valence-corrected chi connectivity index (χ3v) is 5.13. The lowest BCUT2D eigenvalue weighted by Gasteiger charge is -2.32. The Kier molecular flexibility index (Phi) is 7.25. The van der Waals surface area contributed by atoms with E-state index in [1.54, 1.807) is 0 Å². The highest BCUT2D eigenvalue weighted by molar-refractivity contribution is 5.86. The number of hydrogen-bond acceptors (Lipinski definition) is 3. The van der Waals surface area contributed by atoms with Crippen LogP contribution in [0.25, 0.3) is 0 Å². The number of halogens is 2. The van der Waals surface area contributed by atoms with Gasteiger partial charge < -0.3 is 16.0 Å². The number of carbonyl (C=O) groups is 1. The molecule has 0 aromatic rings. The number of rotatable bonds is 4. The first-order valence-corrected chi connectivity index (χ1v) is 7.99. The molecule has 2 aliphatic carbocycles. The Hall–Kier alpha value is -0.0300. The van der Waals surface area contributed by atoms with Gasteiger partial charge in [0.1, 0.15) is 0 Å². The summed E-state index contributed by atoms with van der Waals surface area (Å²) in [5, 5.41) is 3.12. The zero-order valence-electron chi connectivity index (χ0n) is 12.7. The van der Waals surface area contributed by atoms with E-state index in [0.29, 0.717) is 5.92 Å². The Balaban J connectivity index is 0.00000110. The molecule has 1 heterocycles. The highest BCUT2D eigenvalue weighted by Gasteiger charge is 2.37. The molecule has 3 rings (SSSR count). The van der Waals surface area contributed by atoms with Crippen LogP contribution in [0.5, 0.6) is 0 Å². The standard InChI is InChI=1S/C15H27N3O.2ClH/c16-15(7-2-1-3-8-15)14(19)17-10-12-6-9-18(11-12)13-4-5-13;;/h12-13H,1-11,16H2,(H,17,19);2*1H. The summed E-state index contributed by atoms with van der Waals surface area (Å²) in [7, 11) is 0. The van der Waals surface area contributed by atoms with Crippen molar-refractivity contribution in [3.8, 4) is 0 Å². The molecule has 1 amide bonds. The monoisotopic (exact) mass is 337 g/mol. The van der Waals surface area contributed by atoms with Crippen LogP contribution < -0.4 is 11.1 Å². The van der Waals surface area contributed by atoms with Gasteiger partial charge in [0, 0.05) is 19.1 Å². The van der Waals surface area contributed by atoms with E-state index < -0.39 is 5.54 Å². The number of nitrogens with two attached hydrogens (primary N) is 1. The quantitative estimate of drug-likeness (QED) is 0.825. The minimum absolute atomic E-state index is 0. The van der Waals surface area contributed by atoms with Gasteiger partial charge in [0.2, 0.25) is 5.91 Å². The van der Waals surface area contributed by atoms with Gasteiger partial charge in [-0.1, -0.05) is 19.3 Å². The highest BCUT2D eigenvalue weighted by atomic mass is 35.5. The number of amides is 1. The molecule has 1 aliphatic heterocycles. The van der Waals surface area contributed by atoms with Crippen LogP contribution in [0.3, 0.4) is 0 Å². The summed E-state index contributed by atoms with van der Waals surface area (Å²) in [5.41, 5.74) is 5.67. The van der Waals surface area contributed by atoms with E-state index in [-0.39, 0.29) is 30.7 Å². The van der Waals surface area contributed by atoms with E-state index in [1.807, 2.05) is 0 Å². The molecule has 4 nitrogen and oxygen atoms in total. The molecule has 0 bridgehead atoms. The van der Waals surface area contributed by atoms with Crippen molar-refractivity contribution < 1.29 is 4.79 Å². The number of nitrogens with zero attached hydrogens (tertiary/aromatic N) is 1. The van der Waals surface area contributed by atoms with Crippen LogP contribution in [0.4, 0.5) is 0 Å². The van der Waals surface area contributed by atoms with Gasteiger partial charge >= 0.3 is 0 Å². The molecule has 1 unspecified atom stereocenters. The van der Waals surface area contributed by atoms with Gasteiger partial charge in [-0.05, 0) is 44.6 Å². The third-order valence-electron chi connectivity index (χ3n) is 5.13. The lowest BCUT2D eigenvalue weighted by atomic mass is 9.82. The minimum atomic E-state index is -0.576. The zero-order chi connectivity index (χ0) is 13.3. The molecule has 0 aromatic heterocycles. The molecular formula is C15H29Cl2N3O. The topological polar surface area (TPSA) is 58.4 Å². The molecule has 6 heteroatoms. The van der Waals surface area contributed by atoms with Gasteiger partial charge in [-0.15, -0.1) is 24.8 Å². The minimum Gasteiger partial charge on any atom is -0.354 e. The van der Waals surface area contributed by atoms with Crippen LogP contribution in [0, 0.1) is 5.92 Å². The summed E-state index contributed by atoms with van der Waals surface area (Å²) in [6.45, 7) is 3.21. The van der Waals surface area contributed by atoms with E-state index in [0.717, 1.165) is 38.3 Å². The van der Waals surface area contributed by atoms with Gasteiger partial charge in [-0.25, -0.2) is 0 Å². The second-order valence-electron chi connectivity index (χ2n) is 6.81. The maximum Gasteiger partial charge on any atom is 0.240 e. The Morgan fingerprint density at radius 3 is 2.43 bits per heavy atom. The molecule has 21 heavy (non-hydrogen) atoms. The van der Waals surface area contributed by atoms with E-state index in [9.17, 15) is 4.79 Å². The smallest absolute Gasteiger partial charge is 0.240 e. The highest BCUT2D eigenvalue weighted by Crippen LogP contribution is 2.31. The molecule has 3 fully saturated rings. The fourth-order valence-electron chi connectivity index (χ4n) is 3.62. The SMILES string of the molecule is Cl.Cl.NC1(C(=O)NCC2CCN(C3CC3)C2)CCCCC1. The van der Waals surface area contributed by atoms with Crippen LogP contribution in [0.15, 0.2) is 0 Å². The number of carbonyl (C=O) groups excluding carboxylic acids is 1. The molecule has 1 atom stereocenters. The maximum atomic E-state index is 12.3. The van der Waals surface area contributed by atoms with E-state index in [4.69, 9.17) is 5.73 Å². The summed E-state index contributed by atoms with van der Waals surface area (Å²) in [6.07, 6.45) is 9.14. The van der Waals surface area contributed by atoms with Gasteiger partial charge in [0.15, 0.2) is 0 Å². The van der Waals surface area contributed by atoms with Crippen LogP contribution in [-0.4, -0.2) is 42.0 Å². The number of nitrogens with one attached hydrogen (secondary N) is 1. The molecular weight excluding hydrogens is 309 g/mol. The van der Waals surface area contributed by atoms with Gasteiger partial charge in [0.25, 0.3) is 0 Å². The normalized spacial score (nSPS) is 28.3. The second-order valence-corrected chi connectivity index (χ2v) is 6.81. The van der Waals surface area contributed by atoms with E-state index >= 15 is 0 Å². The van der Waals surface area contributed by atoms with Crippen molar-refractivity contribution >= 4 is 30.7 Å².